The van der Waals surface area contributed by atoms with Crippen LogP contribution in [0.1, 0.15) is 18.9 Å². The van der Waals surface area contributed by atoms with Crippen molar-refractivity contribution in [1.82, 2.24) is 5.32 Å². The molecule has 3 N–H and O–H groups in total. The Hall–Kier alpha value is -3.63. The van der Waals surface area contributed by atoms with Crippen LogP contribution in [0.4, 0.5) is 39.8 Å². The van der Waals surface area contributed by atoms with Gasteiger partial charge in [-0.2, -0.15) is 13.2 Å². The second kappa shape index (κ2) is 13.3. The lowest BCUT2D eigenvalue weighted by molar-refractivity contribution is -0.137. The van der Waals surface area contributed by atoms with Crippen LogP contribution in [0.2, 0.25) is 10.0 Å². The van der Waals surface area contributed by atoms with Gasteiger partial charge in [0.1, 0.15) is 5.75 Å². The van der Waals surface area contributed by atoms with E-state index in [2.05, 4.69) is 16.0 Å². The molecule has 0 atom stereocenters. The third-order valence-electron chi connectivity index (χ3n) is 5.17. The normalized spacial score (nSPS) is 11.0. The average Bonchev–Trinajstić information content (AvgIpc) is 2.87. The number of anilines is 3. The van der Waals surface area contributed by atoms with Crippen LogP contribution in [0.3, 0.4) is 0 Å². The van der Waals surface area contributed by atoms with E-state index >= 15 is 0 Å². The number of nitrogens with zero attached hydrogens (tertiary/aromatic N) is 1. The fourth-order valence-electron chi connectivity index (χ4n) is 3.38. The van der Waals surface area contributed by atoms with Crippen molar-refractivity contribution in [3.8, 4) is 5.75 Å². The largest absolute Gasteiger partial charge is 0.494 e. The molecule has 38 heavy (non-hydrogen) atoms. The van der Waals surface area contributed by atoms with Crippen molar-refractivity contribution < 1.29 is 27.5 Å². The molecule has 0 heterocycles. The molecule has 202 valence electrons. The summed E-state index contributed by atoms with van der Waals surface area (Å²) in [7, 11) is 0. The predicted molar refractivity (Wildman–Crippen MR) is 144 cm³/mol. The van der Waals surface area contributed by atoms with E-state index in [-0.39, 0.29) is 35.2 Å². The molecule has 0 saturated carbocycles. The Labute approximate surface area is 227 Å². The summed E-state index contributed by atoms with van der Waals surface area (Å²) in [4.78, 5) is 26.5. The van der Waals surface area contributed by atoms with Gasteiger partial charge in [-0.05, 0) is 74.0 Å². The summed E-state index contributed by atoms with van der Waals surface area (Å²) >= 11 is 11.9. The highest BCUT2D eigenvalue weighted by Crippen LogP contribution is 2.32. The van der Waals surface area contributed by atoms with Gasteiger partial charge in [-0.3, -0.25) is 4.90 Å². The Balaban J connectivity index is 1.65. The van der Waals surface area contributed by atoms with Crippen molar-refractivity contribution in [2.75, 3.05) is 35.2 Å². The number of hydrogen-bond donors (Lipinski definition) is 3. The Morgan fingerprint density at radius 2 is 1.63 bits per heavy atom. The van der Waals surface area contributed by atoms with Crippen LogP contribution in [0.5, 0.6) is 5.75 Å². The van der Waals surface area contributed by atoms with Crippen molar-refractivity contribution in [3.05, 3.63) is 82.3 Å². The molecule has 7 nitrogen and oxygen atoms in total. The summed E-state index contributed by atoms with van der Waals surface area (Å²) in [6, 6.07) is 14.5. The van der Waals surface area contributed by atoms with Gasteiger partial charge < -0.3 is 20.7 Å². The van der Waals surface area contributed by atoms with Crippen LogP contribution in [-0.2, 0) is 6.18 Å². The fourth-order valence-corrected chi connectivity index (χ4v) is 3.68. The molecule has 0 aromatic heterocycles. The zero-order chi connectivity index (χ0) is 27.7. The first kappa shape index (κ1) is 28.9. The molecule has 0 fully saturated rings. The van der Waals surface area contributed by atoms with Crippen LogP contribution >= 0.6 is 23.2 Å². The van der Waals surface area contributed by atoms with Crippen LogP contribution in [-0.4, -0.2) is 31.8 Å². The first-order chi connectivity index (χ1) is 18.1. The maximum atomic E-state index is 13.3. The second-order valence-electron chi connectivity index (χ2n) is 7.95. The van der Waals surface area contributed by atoms with Gasteiger partial charge in [0.15, 0.2) is 0 Å². The first-order valence-electron chi connectivity index (χ1n) is 11.6. The lowest BCUT2D eigenvalue weighted by Gasteiger charge is -2.24. The molecule has 0 radical (unpaired) electrons. The van der Waals surface area contributed by atoms with E-state index in [4.69, 9.17) is 27.9 Å². The highest BCUT2D eigenvalue weighted by atomic mass is 35.5. The Morgan fingerprint density at radius 3 is 2.29 bits per heavy atom. The lowest BCUT2D eigenvalue weighted by Crippen LogP contribution is -2.38. The van der Waals surface area contributed by atoms with E-state index in [0.717, 1.165) is 17.0 Å². The highest BCUT2D eigenvalue weighted by molar-refractivity contribution is 6.42. The first-order valence-corrected chi connectivity index (χ1v) is 12.3. The number of ether oxygens (including phenoxy) is 1. The quantitative estimate of drug-likeness (QED) is 0.232. The standard InChI is InChI=1S/C26H25Cl2F3N4O3/c1-2-38-21-10-7-18(8-11-21)33-24(36)32-13-4-14-35(20-6-3-5-17(15-20)26(29,30)31)25(37)34-19-9-12-22(27)23(28)16-19/h3,5-12,15-16H,2,4,13-14H2,1H3,(H,34,37)(H2,32,33,36). The van der Waals surface area contributed by atoms with Gasteiger partial charge in [0.05, 0.1) is 22.2 Å². The van der Waals surface area contributed by atoms with Crippen molar-refractivity contribution >= 4 is 52.3 Å². The molecule has 0 aliphatic heterocycles. The summed E-state index contributed by atoms with van der Waals surface area (Å²) in [5.41, 5.74) is 0.0122. The molecule has 0 aliphatic carbocycles. The topological polar surface area (TPSA) is 82.7 Å². The summed E-state index contributed by atoms with van der Waals surface area (Å²) in [6.45, 7) is 2.55. The van der Waals surface area contributed by atoms with E-state index in [1.54, 1.807) is 24.3 Å². The maximum absolute atomic E-state index is 13.3. The SMILES string of the molecule is CCOc1ccc(NC(=O)NCCCN(C(=O)Nc2ccc(Cl)c(Cl)c2)c2cccc(C(F)(F)F)c2)cc1. The molecule has 0 aliphatic rings. The van der Waals surface area contributed by atoms with Gasteiger partial charge in [0.25, 0.3) is 0 Å². The van der Waals surface area contributed by atoms with Crippen LogP contribution in [0, 0.1) is 0 Å². The number of nitrogens with one attached hydrogen (secondary N) is 3. The number of rotatable bonds is 9. The third kappa shape index (κ3) is 8.46. The molecule has 0 unspecified atom stereocenters. The zero-order valence-corrected chi connectivity index (χ0v) is 21.8. The molecule has 3 rings (SSSR count). The van der Waals surface area contributed by atoms with Gasteiger partial charge in [-0.25, -0.2) is 9.59 Å². The van der Waals surface area contributed by atoms with Crippen LogP contribution in [0.25, 0.3) is 0 Å². The minimum atomic E-state index is -4.58. The Kier molecular flexibility index (Phi) is 10.1. The van der Waals surface area contributed by atoms with Crippen molar-refractivity contribution in [1.29, 1.82) is 0 Å². The molecule has 12 heteroatoms. The Morgan fingerprint density at radius 1 is 0.921 bits per heavy atom. The van der Waals surface area contributed by atoms with Gasteiger partial charge in [-0.1, -0.05) is 29.3 Å². The van der Waals surface area contributed by atoms with Crippen molar-refractivity contribution in [3.63, 3.8) is 0 Å². The third-order valence-corrected chi connectivity index (χ3v) is 5.91. The van der Waals surface area contributed by atoms with E-state index in [1.807, 2.05) is 6.92 Å². The van der Waals surface area contributed by atoms with Gasteiger partial charge in [0.2, 0.25) is 0 Å². The molecule has 0 spiro atoms. The number of urea groups is 2. The number of carbonyl (C=O) groups excluding carboxylic acids is 2. The molecule has 0 saturated heterocycles. The minimum Gasteiger partial charge on any atom is -0.494 e. The van der Waals surface area contributed by atoms with E-state index < -0.39 is 23.8 Å². The number of carbonyl (C=O) groups is 2. The molecular weight excluding hydrogens is 544 g/mol. The number of hydrogen-bond acceptors (Lipinski definition) is 3. The predicted octanol–water partition coefficient (Wildman–Crippen LogP) is 7.66. The number of alkyl halides is 3. The average molecular weight is 569 g/mol. The summed E-state index contributed by atoms with van der Waals surface area (Å²) in [5, 5.41) is 8.45. The number of halogens is 5. The Bertz CT molecular complexity index is 1260. The summed E-state index contributed by atoms with van der Waals surface area (Å²) in [6.07, 6.45) is -4.33. The number of benzene rings is 3. The van der Waals surface area contributed by atoms with Gasteiger partial charge in [0, 0.05) is 30.2 Å². The highest BCUT2D eigenvalue weighted by Gasteiger charge is 2.31. The maximum Gasteiger partial charge on any atom is 0.416 e. The monoisotopic (exact) mass is 568 g/mol. The smallest absolute Gasteiger partial charge is 0.416 e. The molecule has 3 aromatic carbocycles. The van der Waals surface area contributed by atoms with E-state index in [9.17, 15) is 22.8 Å². The minimum absolute atomic E-state index is 0.0117. The van der Waals surface area contributed by atoms with Crippen LogP contribution < -0.4 is 25.6 Å². The van der Waals surface area contributed by atoms with Gasteiger partial charge in [-0.15, -0.1) is 0 Å². The molecule has 4 amide bonds. The lowest BCUT2D eigenvalue weighted by atomic mass is 10.1. The van der Waals surface area contributed by atoms with E-state index in [1.165, 1.54) is 30.3 Å². The van der Waals surface area contributed by atoms with Gasteiger partial charge >= 0.3 is 18.2 Å². The van der Waals surface area contributed by atoms with Crippen molar-refractivity contribution in [2.45, 2.75) is 19.5 Å². The van der Waals surface area contributed by atoms with E-state index in [0.29, 0.717) is 23.7 Å². The summed E-state index contributed by atoms with van der Waals surface area (Å²) in [5.74, 6) is 0.673. The summed E-state index contributed by atoms with van der Waals surface area (Å²) < 4.78 is 45.2. The molecule has 3 aromatic rings. The van der Waals surface area contributed by atoms with Crippen LogP contribution in [0.15, 0.2) is 66.7 Å². The molecular formula is C26H25Cl2F3N4O3. The second-order valence-corrected chi connectivity index (χ2v) is 8.77. The van der Waals surface area contributed by atoms with Crippen molar-refractivity contribution in [2.24, 2.45) is 0 Å². The fraction of sp³-hybridized carbons (Fsp3) is 0.231. The zero-order valence-electron chi connectivity index (χ0n) is 20.2. The molecule has 0 bridgehead atoms. The number of amides is 4.